The smallest absolute Gasteiger partial charge is 0.239 e. The number of carbonyl (C=O) groups excluding carboxylic acids is 2. The summed E-state index contributed by atoms with van der Waals surface area (Å²) in [5.41, 5.74) is 2.10. The van der Waals surface area contributed by atoms with Crippen LogP contribution in [0.4, 0.5) is 0 Å². The molecule has 1 aliphatic heterocycles. The molecule has 1 saturated heterocycles. The summed E-state index contributed by atoms with van der Waals surface area (Å²) in [7, 11) is 0. The van der Waals surface area contributed by atoms with Crippen LogP contribution in [0.5, 0.6) is 0 Å². The molecule has 0 radical (unpaired) electrons. The summed E-state index contributed by atoms with van der Waals surface area (Å²) in [5.74, 6) is -0.325. The molecular weight excluding hydrogens is 268 g/mol. The first-order chi connectivity index (χ1) is 10.1. The molecule has 114 valence electrons. The minimum Gasteiger partial charge on any atom is -0.376 e. The van der Waals surface area contributed by atoms with Crippen LogP contribution in [0.1, 0.15) is 24.0 Å². The zero-order valence-corrected chi connectivity index (χ0v) is 12.4. The Bertz CT molecular complexity index is 479. The molecule has 1 unspecified atom stereocenters. The van der Waals surface area contributed by atoms with E-state index in [1.54, 1.807) is 0 Å². The molecule has 1 aromatic rings. The molecule has 1 aromatic carbocycles. The van der Waals surface area contributed by atoms with Crippen molar-refractivity contribution < 1.29 is 14.3 Å². The van der Waals surface area contributed by atoms with Gasteiger partial charge in [-0.05, 0) is 25.3 Å². The van der Waals surface area contributed by atoms with Crippen LogP contribution in [0.2, 0.25) is 0 Å². The lowest BCUT2D eigenvalue weighted by Crippen LogP contribution is -2.40. The quantitative estimate of drug-likeness (QED) is 0.819. The van der Waals surface area contributed by atoms with E-state index in [2.05, 4.69) is 10.6 Å². The molecule has 21 heavy (non-hydrogen) atoms. The molecule has 2 rings (SSSR count). The fraction of sp³-hybridized carbons (Fsp3) is 0.500. The van der Waals surface area contributed by atoms with Crippen molar-refractivity contribution in [2.75, 3.05) is 19.7 Å². The lowest BCUT2D eigenvalue weighted by atomic mass is 10.1. The largest absolute Gasteiger partial charge is 0.376 e. The maximum absolute atomic E-state index is 11.7. The second-order valence-corrected chi connectivity index (χ2v) is 5.38. The van der Waals surface area contributed by atoms with E-state index in [-0.39, 0.29) is 24.5 Å². The molecule has 0 bridgehead atoms. The van der Waals surface area contributed by atoms with E-state index in [0.717, 1.165) is 30.6 Å². The first-order valence-corrected chi connectivity index (χ1v) is 7.34. The van der Waals surface area contributed by atoms with Crippen molar-refractivity contribution in [3.05, 3.63) is 35.4 Å². The molecule has 2 amide bonds. The number of hydrogen-bond acceptors (Lipinski definition) is 3. The number of carbonyl (C=O) groups is 2. The van der Waals surface area contributed by atoms with E-state index in [4.69, 9.17) is 4.74 Å². The summed E-state index contributed by atoms with van der Waals surface area (Å²) in [6.07, 6.45) is 2.45. The third-order valence-electron chi connectivity index (χ3n) is 3.48. The SMILES string of the molecule is Cc1ccc(CC(=O)NCC(=O)NCC2CCCO2)cc1. The molecule has 1 atom stereocenters. The van der Waals surface area contributed by atoms with Crippen molar-refractivity contribution in [1.82, 2.24) is 10.6 Å². The number of hydrogen-bond donors (Lipinski definition) is 2. The Morgan fingerprint density at radius 1 is 1.19 bits per heavy atom. The predicted octanol–water partition coefficient (Wildman–Crippen LogP) is 0.949. The van der Waals surface area contributed by atoms with Crippen LogP contribution in [0.25, 0.3) is 0 Å². The van der Waals surface area contributed by atoms with Gasteiger partial charge < -0.3 is 15.4 Å². The Labute approximate surface area is 125 Å². The Balaban J connectivity index is 1.63. The Morgan fingerprint density at radius 2 is 1.95 bits per heavy atom. The normalized spacial score (nSPS) is 17.5. The van der Waals surface area contributed by atoms with Gasteiger partial charge in [-0.1, -0.05) is 29.8 Å². The van der Waals surface area contributed by atoms with Crippen LogP contribution in [0.3, 0.4) is 0 Å². The van der Waals surface area contributed by atoms with E-state index in [1.165, 1.54) is 0 Å². The van der Waals surface area contributed by atoms with Crippen molar-refractivity contribution >= 4 is 11.8 Å². The minimum atomic E-state index is -0.178. The standard InChI is InChI=1S/C16H22N2O3/c1-12-4-6-13(7-5-12)9-15(19)18-11-16(20)17-10-14-3-2-8-21-14/h4-7,14H,2-3,8-11H2,1H3,(H,17,20)(H,18,19). The van der Waals surface area contributed by atoms with E-state index in [0.29, 0.717) is 13.0 Å². The summed E-state index contributed by atoms with van der Waals surface area (Å²) in [5, 5.41) is 5.40. The zero-order chi connectivity index (χ0) is 15.1. The number of ether oxygens (including phenoxy) is 1. The van der Waals surface area contributed by atoms with Gasteiger partial charge in [0.2, 0.25) is 11.8 Å². The minimum absolute atomic E-state index is 0.0113. The second kappa shape index (κ2) is 7.78. The second-order valence-electron chi connectivity index (χ2n) is 5.38. The fourth-order valence-electron chi connectivity index (χ4n) is 2.23. The predicted molar refractivity (Wildman–Crippen MR) is 79.9 cm³/mol. The highest BCUT2D eigenvalue weighted by atomic mass is 16.5. The molecule has 5 heteroatoms. The zero-order valence-electron chi connectivity index (χ0n) is 12.4. The van der Waals surface area contributed by atoms with E-state index in [9.17, 15) is 9.59 Å². The van der Waals surface area contributed by atoms with Gasteiger partial charge in [0.05, 0.1) is 19.1 Å². The van der Waals surface area contributed by atoms with E-state index < -0.39 is 0 Å². The van der Waals surface area contributed by atoms with Gasteiger partial charge in [0.25, 0.3) is 0 Å². The fourth-order valence-corrected chi connectivity index (χ4v) is 2.23. The highest BCUT2D eigenvalue weighted by Crippen LogP contribution is 2.10. The van der Waals surface area contributed by atoms with E-state index in [1.807, 2.05) is 31.2 Å². The molecule has 0 spiro atoms. The average molecular weight is 290 g/mol. The number of aryl methyl sites for hydroxylation is 1. The van der Waals surface area contributed by atoms with Gasteiger partial charge in [0, 0.05) is 13.2 Å². The maximum atomic E-state index is 11.7. The monoisotopic (exact) mass is 290 g/mol. The van der Waals surface area contributed by atoms with Gasteiger partial charge in [-0.25, -0.2) is 0 Å². The van der Waals surface area contributed by atoms with Crippen LogP contribution >= 0.6 is 0 Å². The Hall–Kier alpha value is -1.88. The summed E-state index contributed by atoms with van der Waals surface area (Å²) in [6, 6.07) is 7.78. The Kier molecular flexibility index (Phi) is 5.75. The molecule has 2 N–H and O–H groups in total. The van der Waals surface area contributed by atoms with Crippen LogP contribution in [-0.4, -0.2) is 37.6 Å². The van der Waals surface area contributed by atoms with Gasteiger partial charge in [0.1, 0.15) is 0 Å². The van der Waals surface area contributed by atoms with Crippen molar-refractivity contribution in [1.29, 1.82) is 0 Å². The summed E-state index contributed by atoms with van der Waals surface area (Å²) < 4.78 is 5.42. The van der Waals surface area contributed by atoms with Crippen LogP contribution in [-0.2, 0) is 20.7 Å². The van der Waals surface area contributed by atoms with Gasteiger partial charge >= 0.3 is 0 Å². The first kappa shape index (κ1) is 15.5. The Morgan fingerprint density at radius 3 is 2.62 bits per heavy atom. The van der Waals surface area contributed by atoms with Crippen LogP contribution in [0.15, 0.2) is 24.3 Å². The van der Waals surface area contributed by atoms with Gasteiger partial charge in [-0.15, -0.1) is 0 Å². The topological polar surface area (TPSA) is 67.4 Å². The van der Waals surface area contributed by atoms with E-state index >= 15 is 0 Å². The maximum Gasteiger partial charge on any atom is 0.239 e. The first-order valence-electron chi connectivity index (χ1n) is 7.34. The lowest BCUT2D eigenvalue weighted by Gasteiger charge is -2.11. The summed E-state index contributed by atoms with van der Waals surface area (Å²) >= 11 is 0. The van der Waals surface area contributed by atoms with Gasteiger partial charge in [-0.3, -0.25) is 9.59 Å². The molecular formula is C16H22N2O3. The van der Waals surface area contributed by atoms with Crippen molar-refractivity contribution in [3.8, 4) is 0 Å². The number of nitrogens with one attached hydrogen (secondary N) is 2. The summed E-state index contributed by atoms with van der Waals surface area (Å²) in [6.45, 7) is 3.31. The third-order valence-corrected chi connectivity index (χ3v) is 3.48. The van der Waals surface area contributed by atoms with Crippen molar-refractivity contribution in [2.45, 2.75) is 32.3 Å². The lowest BCUT2D eigenvalue weighted by molar-refractivity contribution is -0.126. The average Bonchev–Trinajstić information content (AvgIpc) is 2.99. The highest BCUT2D eigenvalue weighted by molar-refractivity contribution is 5.85. The molecule has 0 aromatic heterocycles. The molecule has 1 heterocycles. The molecule has 1 aliphatic rings. The van der Waals surface area contributed by atoms with Crippen molar-refractivity contribution in [3.63, 3.8) is 0 Å². The molecule has 0 aliphatic carbocycles. The summed E-state index contributed by atoms with van der Waals surface area (Å²) in [4.78, 5) is 23.4. The number of amides is 2. The molecule has 1 fully saturated rings. The number of rotatable bonds is 6. The number of benzene rings is 1. The van der Waals surface area contributed by atoms with Gasteiger partial charge in [-0.2, -0.15) is 0 Å². The highest BCUT2D eigenvalue weighted by Gasteiger charge is 2.16. The van der Waals surface area contributed by atoms with Crippen LogP contribution < -0.4 is 10.6 Å². The third kappa shape index (κ3) is 5.55. The molecule has 5 nitrogen and oxygen atoms in total. The molecule has 0 saturated carbocycles. The van der Waals surface area contributed by atoms with Crippen molar-refractivity contribution in [2.24, 2.45) is 0 Å². The van der Waals surface area contributed by atoms with Gasteiger partial charge in [0.15, 0.2) is 0 Å². The van der Waals surface area contributed by atoms with Crippen LogP contribution in [0, 0.1) is 6.92 Å².